The van der Waals surface area contributed by atoms with Gasteiger partial charge in [0.15, 0.2) is 12.0 Å². The lowest BCUT2D eigenvalue weighted by Gasteiger charge is -1.98. The highest BCUT2D eigenvalue weighted by molar-refractivity contribution is 5.93. The summed E-state index contributed by atoms with van der Waals surface area (Å²) in [5.74, 6) is -0.697. The third kappa shape index (κ3) is 1.71. The quantitative estimate of drug-likeness (QED) is 0.703. The summed E-state index contributed by atoms with van der Waals surface area (Å²) in [6.45, 7) is -0.801. The number of aromatic nitrogens is 1. The van der Waals surface area contributed by atoms with Crippen LogP contribution in [0.15, 0.2) is 10.8 Å². The number of halogens is 1. The van der Waals surface area contributed by atoms with Crippen LogP contribution in [0.3, 0.4) is 0 Å². The van der Waals surface area contributed by atoms with Gasteiger partial charge in [0.2, 0.25) is 5.69 Å². The number of carbonyl (C=O) groups excluding carboxylic acids is 1. The Labute approximate surface area is 67.3 Å². The van der Waals surface area contributed by atoms with Gasteiger partial charge in [-0.15, -0.1) is 0 Å². The molecule has 0 atom stereocenters. The molecular weight excluding hydrogens is 167 g/mol. The Balaban J connectivity index is 2.70. The van der Waals surface area contributed by atoms with Crippen molar-refractivity contribution in [1.29, 1.82) is 0 Å². The maximum absolute atomic E-state index is 11.6. The molecule has 12 heavy (non-hydrogen) atoms. The molecule has 0 saturated heterocycles. The second kappa shape index (κ2) is 3.70. The van der Waals surface area contributed by atoms with Crippen LogP contribution in [0.2, 0.25) is 0 Å². The van der Waals surface area contributed by atoms with Crippen LogP contribution < -0.4 is 10.5 Å². The molecule has 0 fully saturated rings. The highest BCUT2D eigenvalue weighted by atomic mass is 19.1. The van der Waals surface area contributed by atoms with E-state index in [0.29, 0.717) is 0 Å². The molecule has 0 bridgehead atoms. The Bertz CT molecular complexity index is 274. The number of alkyl halides is 1. The molecule has 2 N–H and O–H groups in total. The van der Waals surface area contributed by atoms with Gasteiger partial charge in [-0.05, 0) is 0 Å². The fourth-order valence-corrected chi connectivity index (χ4v) is 0.645. The first-order chi connectivity index (χ1) is 5.75. The van der Waals surface area contributed by atoms with Crippen molar-refractivity contribution in [3.63, 3.8) is 0 Å². The van der Waals surface area contributed by atoms with E-state index in [0.717, 1.165) is 6.26 Å². The Kier molecular flexibility index (Phi) is 2.62. The Morgan fingerprint density at radius 1 is 1.83 bits per heavy atom. The van der Waals surface area contributed by atoms with Gasteiger partial charge in [0.25, 0.3) is 5.91 Å². The Morgan fingerprint density at radius 3 is 3.17 bits per heavy atom. The van der Waals surface area contributed by atoms with Crippen LogP contribution in [-0.2, 0) is 0 Å². The normalized spacial score (nSPS) is 9.75. The Hall–Kier alpha value is -1.59. The van der Waals surface area contributed by atoms with Crippen molar-refractivity contribution < 1.29 is 18.4 Å². The maximum Gasteiger partial charge on any atom is 0.274 e. The maximum atomic E-state index is 11.6. The third-order valence-electron chi connectivity index (χ3n) is 1.11. The van der Waals surface area contributed by atoms with Crippen LogP contribution in [0, 0.1) is 0 Å². The minimum Gasteiger partial charge on any atom is -0.485 e. The van der Waals surface area contributed by atoms with Crippen LogP contribution >= 0.6 is 0 Å². The molecule has 0 radical (unpaired) electrons. The Morgan fingerprint density at radius 2 is 2.58 bits per heavy atom. The smallest absolute Gasteiger partial charge is 0.274 e. The number of ether oxygens (including phenoxy) is 1. The predicted octanol–water partition coefficient (Wildman–Crippen LogP) is 0.122. The zero-order valence-corrected chi connectivity index (χ0v) is 6.12. The van der Waals surface area contributed by atoms with Gasteiger partial charge in [-0.1, -0.05) is 5.16 Å². The van der Waals surface area contributed by atoms with E-state index in [-0.39, 0.29) is 18.1 Å². The van der Waals surface area contributed by atoms with Crippen molar-refractivity contribution in [1.82, 2.24) is 5.16 Å². The molecule has 0 aromatic carbocycles. The van der Waals surface area contributed by atoms with Crippen LogP contribution in [0.4, 0.5) is 4.39 Å². The third-order valence-corrected chi connectivity index (χ3v) is 1.11. The summed E-state index contributed by atoms with van der Waals surface area (Å²) in [6, 6.07) is 0. The van der Waals surface area contributed by atoms with Gasteiger partial charge in [0.1, 0.15) is 13.3 Å². The summed E-state index contributed by atoms with van der Waals surface area (Å²) < 4.78 is 20.8. The largest absolute Gasteiger partial charge is 0.485 e. The van der Waals surface area contributed by atoms with Crippen LogP contribution in [0.5, 0.6) is 5.75 Å². The lowest BCUT2D eigenvalue weighted by molar-refractivity contribution is 0.0988. The molecule has 0 aliphatic carbocycles. The number of hydrogen-bond acceptors (Lipinski definition) is 4. The van der Waals surface area contributed by atoms with Crippen molar-refractivity contribution in [3.05, 3.63) is 12.0 Å². The van der Waals surface area contributed by atoms with E-state index in [9.17, 15) is 9.18 Å². The van der Waals surface area contributed by atoms with Crippen molar-refractivity contribution in [2.75, 3.05) is 13.3 Å². The van der Waals surface area contributed by atoms with Gasteiger partial charge in [-0.2, -0.15) is 0 Å². The summed E-state index contributed by atoms with van der Waals surface area (Å²) in [7, 11) is 0. The number of nitrogens with two attached hydrogens (primary N) is 1. The molecule has 66 valence electrons. The van der Waals surface area contributed by atoms with Crippen LogP contribution in [-0.4, -0.2) is 24.3 Å². The molecular formula is C6H7FN2O3. The molecule has 1 aromatic rings. The fraction of sp³-hybridized carbons (Fsp3) is 0.333. The first-order valence-corrected chi connectivity index (χ1v) is 3.18. The number of nitrogens with zero attached hydrogens (tertiary/aromatic N) is 1. The molecule has 1 aromatic heterocycles. The lowest BCUT2D eigenvalue weighted by Crippen LogP contribution is -2.13. The minimum atomic E-state index is -0.766. The zero-order valence-electron chi connectivity index (χ0n) is 6.12. The van der Waals surface area contributed by atoms with Crippen molar-refractivity contribution in [3.8, 4) is 5.75 Å². The summed E-state index contributed by atoms with van der Waals surface area (Å²) in [4.78, 5) is 10.6. The van der Waals surface area contributed by atoms with Crippen molar-refractivity contribution in [2.24, 2.45) is 5.73 Å². The summed E-state index contributed by atoms with van der Waals surface area (Å²) in [6.07, 6.45) is 1.09. The van der Waals surface area contributed by atoms with E-state index in [1.54, 1.807) is 0 Å². The molecule has 5 nitrogen and oxygen atoms in total. The van der Waals surface area contributed by atoms with Gasteiger partial charge in [0, 0.05) is 0 Å². The highest BCUT2D eigenvalue weighted by Gasteiger charge is 2.13. The van der Waals surface area contributed by atoms with Crippen molar-refractivity contribution >= 4 is 5.91 Å². The number of hydrogen-bond donors (Lipinski definition) is 1. The number of rotatable bonds is 4. The van der Waals surface area contributed by atoms with E-state index in [2.05, 4.69) is 9.68 Å². The van der Waals surface area contributed by atoms with Gasteiger partial charge in [-0.3, -0.25) is 4.79 Å². The molecule has 1 rings (SSSR count). The first-order valence-electron chi connectivity index (χ1n) is 3.18. The molecule has 1 amide bonds. The van der Waals surface area contributed by atoms with E-state index >= 15 is 0 Å². The van der Waals surface area contributed by atoms with Crippen LogP contribution in [0.25, 0.3) is 0 Å². The number of primary amides is 1. The topological polar surface area (TPSA) is 78.4 Å². The second-order valence-electron chi connectivity index (χ2n) is 1.93. The summed E-state index contributed by atoms with van der Waals surface area (Å²) >= 11 is 0. The molecule has 1 heterocycles. The number of carbonyl (C=O) groups is 1. The minimum absolute atomic E-state index is 0.0696. The van der Waals surface area contributed by atoms with E-state index < -0.39 is 12.6 Å². The van der Waals surface area contributed by atoms with Gasteiger partial charge in [-0.25, -0.2) is 4.39 Å². The molecule has 6 heteroatoms. The fourth-order valence-electron chi connectivity index (χ4n) is 0.645. The molecule has 0 aliphatic rings. The first kappa shape index (κ1) is 8.51. The summed E-state index contributed by atoms with van der Waals surface area (Å²) in [5.41, 5.74) is 4.77. The molecule has 0 spiro atoms. The highest BCUT2D eigenvalue weighted by Crippen LogP contribution is 2.15. The average Bonchev–Trinajstić information content (AvgIpc) is 2.48. The zero-order chi connectivity index (χ0) is 8.97. The van der Waals surface area contributed by atoms with Gasteiger partial charge < -0.3 is 15.0 Å². The summed E-state index contributed by atoms with van der Waals surface area (Å²) in [5, 5.41) is 3.27. The van der Waals surface area contributed by atoms with E-state index in [1.807, 2.05) is 0 Å². The van der Waals surface area contributed by atoms with Crippen molar-refractivity contribution in [2.45, 2.75) is 0 Å². The standard InChI is InChI=1S/C6H7FN2O3/c7-1-2-11-4-3-12-9-5(4)6(8)10/h3H,1-2H2,(H2,8,10). The average molecular weight is 174 g/mol. The van der Waals surface area contributed by atoms with Gasteiger partial charge in [0.05, 0.1) is 0 Å². The monoisotopic (exact) mass is 174 g/mol. The molecule has 0 saturated carbocycles. The lowest BCUT2D eigenvalue weighted by atomic mass is 10.4. The SMILES string of the molecule is NC(=O)c1nocc1OCCF. The molecule has 0 aliphatic heterocycles. The van der Waals surface area contributed by atoms with Crippen LogP contribution in [0.1, 0.15) is 10.5 Å². The molecule has 0 unspecified atom stereocenters. The predicted molar refractivity (Wildman–Crippen MR) is 36.5 cm³/mol. The van der Waals surface area contributed by atoms with E-state index in [4.69, 9.17) is 10.5 Å². The van der Waals surface area contributed by atoms with E-state index in [1.165, 1.54) is 0 Å². The number of amides is 1. The van der Waals surface area contributed by atoms with Gasteiger partial charge >= 0.3 is 0 Å². The second-order valence-corrected chi connectivity index (χ2v) is 1.93.